The number of carbonyl (C=O) groups excluding carboxylic acids is 2. The van der Waals surface area contributed by atoms with Crippen LogP contribution in [0.1, 0.15) is 131 Å². The Labute approximate surface area is 233 Å². The summed E-state index contributed by atoms with van der Waals surface area (Å²) in [4.78, 5) is 25.8. The van der Waals surface area contributed by atoms with E-state index in [0.717, 1.165) is 64.2 Å². The molecule has 206 valence electrons. The molecule has 0 aliphatic heterocycles. The molecule has 0 heterocycles. The molecule has 0 spiro atoms. The van der Waals surface area contributed by atoms with Gasteiger partial charge in [0.1, 0.15) is 0 Å². The number of carbonyl (C=O) groups is 2. The predicted octanol–water partition coefficient (Wildman–Crippen LogP) is 8.63. The van der Waals surface area contributed by atoms with Gasteiger partial charge in [0, 0.05) is 0 Å². The van der Waals surface area contributed by atoms with Gasteiger partial charge in [-0.05, 0) is 0 Å². The van der Waals surface area contributed by atoms with Crippen molar-refractivity contribution in [1.82, 2.24) is 0 Å². The van der Waals surface area contributed by atoms with Crippen LogP contribution < -0.4 is 0 Å². The van der Waals surface area contributed by atoms with Crippen LogP contribution in [0, 0.1) is 11.8 Å². The number of esters is 2. The van der Waals surface area contributed by atoms with Crippen molar-refractivity contribution in [1.29, 1.82) is 0 Å². The van der Waals surface area contributed by atoms with Crippen molar-refractivity contribution in [2.75, 3.05) is 19.0 Å². The average Bonchev–Trinajstić information content (AvgIpc) is 2.87. The molecule has 0 aromatic heterocycles. The van der Waals surface area contributed by atoms with Crippen molar-refractivity contribution >= 4 is 48.2 Å². The van der Waals surface area contributed by atoms with E-state index in [-0.39, 0.29) is 11.9 Å². The minimum atomic E-state index is -1.03. The van der Waals surface area contributed by atoms with Crippen molar-refractivity contribution in [3.05, 3.63) is 0 Å². The predicted molar refractivity (Wildman–Crippen MR) is 156 cm³/mol. The summed E-state index contributed by atoms with van der Waals surface area (Å²) in [7, 11) is 3.61. The van der Waals surface area contributed by atoms with E-state index < -0.39 is 23.1 Å². The molecule has 7 heteroatoms. The molecule has 0 amide bonds. The number of ether oxygens (including phenoxy) is 2. The van der Waals surface area contributed by atoms with Crippen LogP contribution in [0.4, 0.5) is 0 Å². The quantitative estimate of drug-likeness (QED) is 0.0600. The number of rotatable bonds is 24. The standard InChI is InChI=1S/C18H36O2S.C10H20O2S.Sn/c1-5-9-12-16(8-4)15-20-17(19)18(21,13-10-6-2)14-11-7-3;1-3-5-6-9(4-2)7-12-10(11)8-13;/h16,21H,5-15H2,1-4H3;9,13H,3-8H2,1-2H3;/q;;+2/p-2. The first-order valence-corrected chi connectivity index (χ1v) is 23.1. The Morgan fingerprint density at radius 2 is 1.23 bits per heavy atom. The molecule has 0 bridgehead atoms. The molecule has 0 N–H and O–H groups in total. The molecule has 0 saturated heterocycles. The summed E-state index contributed by atoms with van der Waals surface area (Å²) in [5, 5.41) is 0. The zero-order chi connectivity index (χ0) is 26.4. The van der Waals surface area contributed by atoms with E-state index in [1.54, 1.807) is 8.95 Å². The Kier molecular flexibility index (Phi) is 23.8. The van der Waals surface area contributed by atoms with Crippen molar-refractivity contribution in [3.63, 3.8) is 0 Å². The van der Waals surface area contributed by atoms with E-state index >= 15 is 0 Å². The van der Waals surface area contributed by atoms with Crippen LogP contribution in [-0.2, 0) is 19.1 Å². The molecule has 0 fully saturated rings. The molecule has 0 aromatic rings. The Morgan fingerprint density at radius 3 is 1.69 bits per heavy atom. The first kappa shape index (κ1) is 35.4. The van der Waals surface area contributed by atoms with Gasteiger partial charge in [-0.2, -0.15) is 0 Å². The SMILES string of the molecule is CCCCC(CC)COC(=O)C[S][Sn][S]C(CCCC)(CCCC)C(=O)OCC(CC)CCCC. The number of hydrogen-bond acceptors (Lipinski definition) is 6. The molecular weight excluding hydrogens is 583 g/mol. The van der Waals surface area contributed by atoms with Crippen molar-refractivity contribution in [2.45, 2.75) is 136 Å². The third-order valence-corrected chi connectivity index (χ3v) is 18.6. The summed E-state index contributed by atoms with van der Waals surface area (Å²) in [6.07, 6.45) is 15.2. The van der Waals surface area contributed by atoms with Gasteiger partial charge in [0.15, 0.2) is 0 Å². The fraction of sp³-hybridized carbons (Fsp3) is 0.929. The van der Waals surface area contributed by atoms with Crippen LogP contribution >= 0.6 is 17.9 Å². The number of unbranched alkanes of at least 4 members (excludes halogenated alkanes) is 4. The molecule has 0 aliphatic rings. The van der Waals surface area contributed by atoms with Crippen LogP contribution in [0.5, 0.6) is 0 Å². The summed E-state index contributed by atoms with van der Waals surface area (Å²) in [5.41, 5.74) is 0. The summed E-state index contributed by atoms with van der Waals surface area (Å²) in [6.45, 7) is 14.3. The van der Waals surface area contributed by atoms with E-state index in [4.69, 9.17) is 9.47 Å². The zero-order valence-electron chi connectivity index (χ0n) is 23.6. The second-order valence-corrected chi connectivity index (χ2v) is 20.5. The van der Waals surface area contributed by atoms with Gasteiger partial charge in [-0.3, -0.25) is 0 Å². The molecule has 2 unspecified atom stereocenters. The zero-order valence-corrected chi connectivity index (χ0v) is 28.1. The summed E-state index contributed by atoms with van der Waals surface area (Å²) in [5.74, 6) is 1.28. The van der Waals surface area contributed by atoms with Crippen molar-refractivity contribution < 1.29 is 19.1 Å². The Hall–Kier alpha value is 0.439. The summed E-state index contributed by atoms with van der Waals surface area (Å²) < 4.78 is 11.2. The van der Waals surface area contributed by atoms with Crippen LogP contribution in [0.2, 0.25) is 0 Å². The number of hydrogen-bond donors (Lipinski definition) is 0. The molecule has 0 rings (SSSR count). The molecule has 4 nitrogen and oxygen atoms in total. The second kappa shape index (κ2) is 23.5. The topological polar surface area (TPSA) is 52.6 Å². The van der Waals surface area contributed by atoms with Crippen LogP contribution in [0.25, 0.3) is 0 Å². The molecule has 0 saturated carbocycles. The van der Waals surface area contributed by atoms with Crippen LogP contribution in [0.3, 0.4) is 0 Å². The fourth-order valence-corrected chi connectivity index (χ4v) is 16.5. The Bertz CT molecular complexity index is 525. The van der Waals surface area contributed by atoms with Gasteiger partial charge in [0.2, 0.25) is 0 Å². The van der Waals surface area contributed by atoms with Crippen molar-refractivity contribution in [3.8, 4) is 0 Å². The molecule has 2 radical (unpaired) electrons. The normalized spacial score (nSPS) is 13.4. The molecule has 0 aliphatic carbocycles. The molecule has 35 heavy (non-hydrogen) atoms. The first-order chi connectivity index (χ1) is 16.9. The maximum atomic E-state index is 13.5. The average molecular weight is 638 g/mol. The maximum absolute atomic E-state index is 13.5. The monoisotopic (exact) mass is 638 g/mol. The second-order valence-electron chi connectivity index (χ2n) is 9.79. The summed E-state index contributed by atoms with van der Waals surface area (Å²) in [6, 6.07) is 0. The third-order valence-electron chi connectivity index (χ3n) is 6.74. The van der Waals surface area contributed by atoms with E-state index in [2.05, 4.69) is 41.5 Å². The van der Waals surface area contributed by atoms with E-state index in [1.165, 1.54) is 25.7 Å². The van der Waals surface area contributed by atoms with Gasteiger partial charge in [-0.1, -0.05) is 0 Å². The third kappa shape index (κ3) is 16.8. The van der Waals surface area contributed by atoms with Crippen molar-refractivity contribution in [2.24, 2.45) is 11.8 Å². The van der Waals surface area contributed by atoms with Gasteiger partial charge in [0.05, 0.1) is 0 Å². The first-order valence-electron chi connectivity index (χ1n) is 14.3. The molecule has 0 aromatic carbocycles. The van der Waals surface area contributed by atoms with E-state index in [0.29, 0.717) is 30.8 Å². The van der Waals surface area contributed by atoms with Gasteiger partial charge >= 0.3 is 234 Å². The van der Waals surface area contributed by atoms with E-state index in [9.17, 15) is 9.59 Å². The van der Waals surface area contributed by atoms with E-state index in [1.807, 2.05) is 8.95 Å². The minimum absolute atomic E-state index is 0.00476. The van der Waals surface area contributed by atoms with Crippen LogP contribution in [-0.4, -0.2) is 54.0 Å². The van der Waals surface area contributed by atoms with Gasteiger partial charge < -0.3 is 0 Å². The summed E-state index contributed by atoms with van der Waals surface area (Å²) >= 11 is -1.03. The molecular formula is C28H54O4S2Sn. The van der Waals surface area contributed by atoms with Gasteiger partial charge in [-0.15, -0.1) is 0 Å². The fourth-order valence-electron chi connectivity index (χ4n) is 3.97. The Morgan fingerprint density at radius 1 is 0.743 bits per heavy atom. The van der Waals surface area contributed by atoms with Crippen LogP contribution in [0.15, 0.2) is 0 Å². The molecule has 2 atom stereocenters. The van der Waals surface area contributed by atoms with Gasteiger partial charge in [0.25, 0.3) is 0 Å². The van der Waals surface area contributed by atoms with Gasteiger partial charge in [-0.25, -0.2) is 0 Å². The Balaban J connectivity index is 4.90.